The minimum Gasteiger partial charge on any atom is -0.316 e. The molecule has 1 unspecified atom stereocenters. The number of benzene rings is 1. The Kier molecular flexibility index (Phi) is 5.78. The third-order valence-electron chi connectivity index (χ3n) is 2.95. The monoisotopic (exact) mass is 270 g/mol. The summed E-state index contributed by atoms with van der Waals surface area (Å²) in [6, 6.07) is 7.07. The number of sulfonamides is 1. The molecule has 0 saturated carbocycles. The molecule has 18 heavy (non-hydrogen) atoms. The predicted molar refractivity (Wildman–Crippen MR) is 73.8 cm³/mol. The van der Waals surface area contributed by atoms with E-state index in [4.69, 9.17) is 0 Å². The van der Waals surface area contributed by atoms with Crippen LogP contribution < -0.4 is 10.0 Å². The summed E-state index contributed by atoms with van der Waals surface area (Å²) in [4.78, 5) is 0.364. The molecule has 0 radical (unpaired) electrons. The lowest BCUT2D eigenvalue weighted by atomic mass is 10.1. The largest absolute Gasteiger partial charge is 0.316 e. The Bertz CT molecular complexity index is 472. The van der Waals surface area contributed by atoms with E-state index in [9.17, 15) is 8.42 Å². The van der Waals surface area contributed by atoms with Crippen LogP contribution in [0.4, 0.5) is 0 Å². The van der Waals surface area contributed by atoms with Crippen LogP contribution >= 0.6 is 0 Å². The second-order valence-corrected chi connectivity index (χ2v) is 6.24. The predicted octanol–water partition coefficient (Wildman–Crippen LogP) is 1.73. The van der Waals surface area contributed by atoms with Gasteiger partial charge < -0.3 is 5.32 Å². The molecule has 0 fully saturated rings. The smallest absolute Gasteiger partial charge is 0.240 e. The SMILES string of the molecule is CCC(C)CNS(=O)(=O)c1ccccc1CNC. The molecule has 0 saturated heterocycles. The van der Waals surface area contributed by atoms with Crippen molar-refractivity contribution in [3.8, 4) is 0 Å². The van der Waals surface area contributed by atoms with Crippen LogP contribution in [-0.2, 0) is 16.6 Å². The Morgan fingerprint density at radius 1 is 1.28 bits per heavy atom. The lowest BCUT2D eigenvalue weighted by Crippen LogP contribution is -2.29. The van der Waals surface area contributed by atoms with Gasteiger partial charge in [0, 0.05) is 13.1 Å². The van der Waals surface area contributed by atoms with Gasteiger partial charge in [0.25, 0.3) is 0 Å². The Balaban J connectivity index is 2.90. The summed E-state index contributed by atoms with van der Waals surface area (Å²) in [5, 5.41) is 2.98. The molecule has 0 aliphatic carbocycles. The van der Waals surface area contributed by atoms with Gasteiger partial charge in [-0.15, -0.1) is 0 Å². The van der Waals surface area contributed by atoms with Crippen LogP contribution in [0.25, 0.3) is 0 Å². The average Bonchev–Trinajstić information content (AvgIpc) is 2.37. The van der Waals surface area contributed by atoms with Gasteiger partial charge in [-0.3, -0.25) is 0 Å². The third-order valence-corrected chi connectivity index (χ3v) is 4.47. The first-order valence-corrected chi connectivity index (χ1v) is 7.71. The molecule has 4 nitrogen and oxygen atoms in total. The summed E-state index contributed by atoms with van der Waals surface area (Å²) in [5.74, 6) is 0.344. The maximum atomic E-state index is 12.2. The quantitative estimate of drug-likeness (QED) is 0.793. The molecule has 1 aromatic rings. The molecule has 0 aliphatic heterocycles. The van der Waals surface area contributed by atoms with Gasteiger partial charge in [0.1, 0.15) is 0 Å². The summed E-state index contributed by atoms with van der Waals surface area (Å²) in [5.41, 5.74) is 0.789. The first-order chi connectivity index (χ1) is 8.51. The van der Waals surface area contributed by atoms with Gasteiger partial charge in [0.05, 0.1) is 4.90 Å². The normalized spacial score (nSPS) is 13.5. The van der Waals surface area contributed by atoms with E-state index >= 15 is 0 Å². The fraction of sp³-hybridized carbons (Fsp3) is 0.538. The molecule has 5 heteroatoms. The van der Waals surface area contributed by atoms with Gasteiger partial charge in [0.15, 0.2) is 0 Å². The van der Waals surface area contributed by atoms with Gasteiger partial charge in [-0.2, -0.15) is 0 Å². The molecule has 0 bridgehead atoms. The molecule has 0 heterocycles. The van der Waals surface area contributed by atoms with Crippen LogP contribution in [0.3, 0.4) is 0 Å². The molecule has 0 aliphatic rings. The van der Waals surface area contributed by atoms with Gasteiger partial charge in [0.2, 0.25) is 10.0 Å². The number of hydrogen-bond donors (Lipinski definition) is 2. The van der Waals surface area contributed by atoms with E-state index in [1.807, 2.05) is 26.0 Å². The van der Waals surface area contributed by atoms with Crippen molar-refractivity contribution in [3.05, 3.63) is 29.8 Å². The standard InChI is InChI=1S/C13H22N2O2S/c1-4-11(2)9-15-18(16,17)13-8-6-5-7-12(13)10-14-3/h5-8,11,14-15H,4,9-10H2,1-3H3. The Labute approximate surface area is 110 Å². The summed E-state index contributed by atoms with van der Waals surface area (Å²) in [6.45, 7) is 5.10. The average molecular weight is 270 g/mol. The zero-order valence-corrected chi connectivity index (χ0v) is 12.0. The molecule has 1 rings (SSSR count). The highest BCUT2D eigenvalue weighted by Gasteiger charge is 2.17. The molecule has 0 amide bonds. The van der Waals surface area contributed by atoms with E-state index in [0.29, 0.717) is 23.9 Å². The first kappa shape index (κ1) is 15.1. The number of nitrogens with one attached hydrogen (secondary N) is 2. The molecule has 1 aromatic carbocycles. The number of hydrogen-bond acceptors (Lipinski definition) is 3. The highest BCUT2D eigenvalue weighted by molar-refractivity contribution is 7.89. The van der Waals surface area contributed by atoms with Gasteiger partial charge in [-0.25, -0.2) is 13.1 Å². The maximum absolute atomic E-state index is 12.2. The molecule has 1 atom stereocenters. The Morgan fingerprint density at radius 2 is 1.94 bits per heavy atom. The van der Waals surface area contributed by atoms with Crippen molar-refractivity contribution in [3.63, 3.8) is 0 Å². The van der Waals surface area contributed by atoms with E-state index in [1.165, 1.54) is 0 Å². The fourth-order valence-electron chi connectivity index (χ4n) is 1.58. The summed E-state index contributed by atoms with van der Waals surface area (Å²) < 4.78 is 27.1. The lowest BCUT2D eigenvalue weighted by Gasteiger charge is -2.13. The molecule has 102 valence electrons. The van der Waals surface area contributed by atoms with Gasteiger partial charge >= 0.3 is 0 Å². The zero-order chi connectivity index (χ0) is 13.6. The second-order valence-electron chi connectivity index (χ2n) is 4.50. The van der Waals surface area contributed by atoms with Crippen LogP contribution in [0.15, 0.2) is 29.2 Å². The van der Waals surface area contributed by atoms with Crippen molar-refractivity contribution in [1.29, 1.82) is 0 Å². The van der Waals surface area contributed by atoms with Crippen LogP contribution in [0.5, 0.6) is 0 Å². The van der Waals surface area contributed by atoms with Crippen molar-refractivity contribution in [2.45, 2.75) is 31.7 Å². The summed E-state index contributed by atoms with van der Waals surface area (Å²) in [7, 11) is -1.61. The lowest BCUT2D eigenvalue weighted by molar-refractivity contribution is 0.527. The highest BCUT2D eigenvalue weighted by Crippen LogP contribution is 2.15. The molecule has 0 aromatic heterocycles. The first-order valence-electron chi connectivity index (χ1n) is 6.23. The molecular weight excluding hydrogens is 248 g/mol. The summed E-state index contributed by atoms with van der Waals surface area (Å²) >= 11 is 0. The number of rotatable bonds is 7. The zero-order valence-electron chi connectivity index (χ0n) is 11.2. The van der Waals surface area contributed by atoms with Crippen LogP contribution in [0.2, 0.25) is 0 Å². The Morgan fingerprint density at radius 3 is 2.56 bits per heavy atom. The Hall–Kier alpha value is -0.910. The molecule has 0 spiro atoms. The minimum atomic E-state index is -3.41. The summed E-state index contributed by atoms with van der Waals surface area (Å²) in [6.07, 6.45) is 0.959. The van der Waals surface area contributed by atoms with Crippen molar-refractivity contribution < 1.29 is 8.42 Å². The van der Waals surface area contributed by atoms with Crippen molar-refractivity contribution >= 4 is 10.0 Å². The molecule has 2 N–H and O–H groups in total. The van der Waals surface area contributed by atoms with E-state index in [2.05, 4.69) is 10.0 Å². The van der Waals surface area contributed by atoms with E-state index in [1.54, 1.807) is 19.2 Å². The fourth-order valence-corrected chi connectivity index (χ4v) is 2.98. The maximum Gasteiger partial charge on any atom is 0.240 e. The third kappa shape index (κ3) is 4.08. The van der Waals surface area contributed by atoms with Crippen molar-refractivity contribution in [2.75, 3.05) is 13.6 Å². The second kappa shape index (κ2) is 6.87. The minimum absolute atomic E-state index is 0.344. The van der Waals surface area contributed by atoms with Crippen LogP contribution in [-0.4, -0.2) is 22.0 Å². The van der Waals surface area contributed by atoms with E-state index in [0.717, 1.165) is 12.0 Å². The van der Waals surface area contributed by atoms with E-state index in [-0.39, 0.29) is 0 Å². The molecular formula is C13H22N2O2S. The van der Waals surface area contributed by atoms with Crippen molar-refractivity contribution in [2.24, 2.45) is 5.92 Å². The van der Waals surface area contributed by atoms with Crippen molar-refractivity contribution in [1.82, 2.24) is 10.0 Å². The van der Waals surface area contributed by atoms with Gasteiger partial charge in [-0.1, -0.05) is 38.5 Å². The van der Waals surface area contributed by atoms with Gasteiger partial charge in [-0.05, 0) is 24.6 Å². The van der Waals surface area contributed by atoms with E-state index < -0.39 is 10.0 Å². The highest BCUT2D eigenvalue weighted by atomic mass is 32.2. The topological polar surface area (TPSA) is 58.2 Å². The van der Waals surface area contributed by atoms with Crippen LogP contribution in [0, 0.1) is 5.92 Å². The van der Waals surface area contributed by atoms with Crippen LogP contribution in [0.1, 0.15) is 25.8 Å².